The molecule has 0 spiro atoms. The molecule has 1 aromatic rings. The van der Waals surface area contributed by atoms with Gasteiger partial charge in [0.1, 0.15) is 11.0 Å². The van der Waals surface area contributed by atoms with Crippen molar-refractivity contribution in [2.75, 3.05) is 37.7 Å². The maximum absolute atomic E-state index is 5.86. The van der Waals surface area contributed by atoms with Gasteiger partial charge in [-0.15, -0.1) is 0 Å². The van der Waals surface area contributed by atoms with Gasteiger partial charge in [0, 0.05) is 24.8 Å². The van der Waals surface area contributed by atoms with E-state index in [1.807, 2.05) is 6.07 Å². The molecular weight excluding hydrogens is 236 g/mol. The number of aromatic nitrogens is 1. The van der Waals surface area contributed by atoms with Gasteiger partial charge in [-0.1, -0.05) is 11.6 Å². The Balaban J connectivity index is 1.88. The number of likely N-dealkylation sites (tertiary alicyclic amines) is 1. The number of hydrogen-bond donors (Lipinski definition) is 2. The molecule has 5 heteroatoms. The van der Waals surface area contributed by atoms with Crippen molar-refractivity contribution >= 4 is 23.1 Å². The smallest absolute Gasteiger partial charge is 0.133 e. The quantitative estimate of drug-likeness (QED) is 0.811. The van der Waals surface area contributed by atoms with Gasteiger partial charge >= 0.3 is 0 Å². The summed E-state index contributed by atoms with van der Waals surface area (Å²) in [6, 6.07) is 3.47. The molecule has 1 saturated heterocycles. The van der Waals surface area contributed by atoms with Crippen LogP contribution in [0.1, 0.15) is 12.8 Å². The standard InChI is InChI=1S/C12H19ClN4/c1-17-4-2-3-9(8-17)7-15-12-6-10(14)5-11(13)16-12/h5-6,9H,2-4,7-8H2,1H3,(H3,14,15,16). The summed E-state index contributed by atoms with van der Waals surface area (Å²) >= 11 is 5.86. The van der Waals surface area contributed by atoms with E-state index in [1.54, 1.807) is 6.07 Å². The second-order valence-corrected chi connectivity index (χ2v) is 5.15. The van der Waals surface area contributed by atoms with E-state index in [0.29, 0.717) is 16.8 Å². The fraction of sp³-hybridized carbons (Fsp3) is 0.583. The fourth-order valence-corrected chi connectivity index (χ4v) is 2.51. The lowest BCUT2D eigenvalue weighted by Crippen LogP contribution is -2.35. The molecule has 0 saturated carbocycles. The molecule has 1 aliphatic heterocycles. The Morgan fingerprint density at radius 3 is 3.12 bits per heavy atom. The van der Waals surface area contributed by atoms with Gasteiger partial charge in [0.15, 0.2) is 0 Å². The SMILES string of the molecule is CN1CCCC(CNc2cc(N)cc(Cl)n2)C1. The first-order chi connectivity index (χ1) is 8.13. The minimum atomic E-state index is 0.438. The highest BCUT2D eigenvalue weighted by molar-refractivity contribution is 6.29. The van der Waals surface area contributed by atoms with Gasteiger partial charge in [0.2, 0.25) is 0 Å². The molecule has 1 aliphatic rings. The Kier molecular flexibility index (Phi) is 4.07. The van der Waals surface area contributed by atoms with Crippen LogP contribution in [0.2, 0.25) is 5.15 Å². The van der Waals surface area contributed by atoms with Gasteiger partial charge in [-0.05, 0) is 38.4 Å². The number of piperidine rings is 1. The van der Waals surface area contributed by atoms with Gasteiger partial charge in [-0.25, -0.2) is 4.98 Å². The van der Waals surface area contributed by atoms with Crippen molar-refractivity contribution in [2.45, 2.75) is 12.8 Å². The molecule has 1 fully saturated rings. The van der Waals surface area contributed by atoms with Crippen LogP contribution in [-0.4, -0.2) is 36.6 Å². The third kappa shape index (κ3) is 3.75. The summed E-state index contributed by atoms with van der Waals surface area (Å²) in [5.74, 6) is 1.44. The van der Waals surface area contributed by atoms with Gasteiger partial charge in [-0.3, -0.25) is 0 Å². The lowest BCUT2D eigenvalue weighted by Gasteiger charge is -2.29. The van der Waals surface area contributed by atoms with Crippen LogP contribution in [0, 0.1) is 5.92 Å². The number of nitrogen functional groups attached to an aromatic ring is 1. The highest BCUT2D eigenvalue weighted by atomic mass is 35.5. The van der Waals surface area contributed by atoms with Crippen molar-refractivity contribution in [1.29, 1.82) is 0 Å². The molecule has 0 radical (unpaired) electrons. The monoisotopic (exact) mass is 254 g/mol. The molecule has 94 valence electrons. The van der Waals surface area contributed by atoms with Crippen molar-refractivity contribution in [3.8, 4) is 0 Å². The molecule has 1 unspecified atom stereocenters. The van der Waals surface area contributed by atoms with E-state index in [1.165, 1.54) is 19.4 Å². The first-order valence-corrected chi connectivity index (χ1v) is 6.37. The van der Waals surface area contributed by atoms with Crippen molar-refractivity contribution in [1.82, 2.24) is 9.88 Å². The summed E-state index contributed by atoms with van der Waals surface area (Å²) < 4.78 is 0. The minimum Gasteiger partial charge on any atom is -0.399 e. The first kappa shape index (κ1) is 12.5. The molecule has 0 aliphatic carbocycles. The predicted molar refractivity (Wildman–Crippen MR) is 72.4 cm³/mol. The Morgan fingerprint density at radius 1 is 1.59 bits per heavy atom. The Labute approximate surface area is 107 Å². The second-order valence-electron chi connectivity index (χ2n) is 4.76. The van der Waals surface area contributed by atoms with E-state index in [2.05, 4.69) is 22.2 Å². The summed E-state index contributed by atoms with van der Waals surface area (Å²) in [5, 5.41) is 3.75. The van der Waals surface area contributed by atoms with Gasteiger partial charge < -0.3 is 16.0 Å². The first-order valence-electron chi connectivity index (χ1n) is 5.99. The van der Waals surface area contributed by atoms with E-state index in [9.17, 15) is 0 Å². The lowest BCUT2D eigenvalue weighted by molar-refractivity contribution is 0.217. The van der Waals surface area contributed by atoms with Crippen LogP contribution in [0.4, 0.5) is 11.5 Å². The summed E-state index contributed by atoms with van der Waals surface area (Å²) in [4.78, 5) is 6.57. The van der Waals surface area contributed by atoms with Crippen LogP contribution >= 0.6 is 11.6 Å². The third-order valence-electron chi connectivity index (χ3n) is 3.11. The van der Waals surface area contributed by atoms with Gasteiger partial charge in [0.05, 0.1) is 0 Å². The van der Waals surface area contributed by atoms with Gasteiger partial charge in [-0.2, -0.15) is 0 Å². The van der Waals surface area contributed by atoms with E-state index < -0.39 is 0 Å². The zero-order valence-corrected chi connectivity index (χ0v) is 10.9. The van der Waals surface area contributed by atoms with Crippen LogP contribution in [0.5, 0.6) is 0 Å². The number of nitrogens with one attached hydrogen (secondary N) is 1. The van der Waals surface area contributed by atoms with Crippen LogP contribution in [0.3, 0.4) is 0 Å². The molecule has 0 amide bonds. The maximum Gasteiger partial charge on any atom is 0.133 e. The average molecular weight is 255 g/mol. The van der Waals surface area contributed by atoms with E-state index in [0.717, 1.165) is 18.9 Å². The zero-order valence-electron chi connectivity index (χ0n) is 10.1. The predicted octanol–water partition coefficient (Wildman–Crippen LogP) is 2.07. The highest BCUT2D eigenvalue weighted by Gasteiger charge is 2.16. The van der Waals surface area contributed by atoms with Gasteiger partial charge in [0.25, 0.3) is 0 Å². The number of halogens is 1. The van der Waals surface area contributed by atoms with Crippen LogP contribution in [0.15, 0.2) is 12.1 Å². The zero-order chi connectivity index (χ0) is 12.3. The minimum absolute atomic E-state index is 0.438. The molecule has 2 rings (SSSR count). The van der Waals surface area contributed by atoms with Crippen LogP contribution in [-0.2, 0) is 0 Å². The summed E-state index contributed by atoms with van der Waals surface area (Å²) in [5.41, 5.74) is 6.36. The van der Waals surface area contributed by atoms with E-state index in [4.69, 9.17) is 17.3 Å². The molecular formula is C12H19ClN4. The molecule has 0 bridgehead atoms. The van der Waals surface area contributed by atoms with Crippen molar-refractivity contribution < 1.29 is 0 Å². The number of pyridine rings is 1. The normalized spacial score (nSPS) is 21.4. The summed E-state index contributed by atoms with van der Waals surface area (Å²) in [6.07, 6.45) is 2.54. The molecule has 2 heterocycles. The number of rotatable bonds is 3. The lowest BCUT2D eigenvalue weighted by atomic mass is 9.98. The topological polar surface area (TPSA) is 54.2 Å². The molecule has 0 aromatic carbocycles. The maximum atomic E-state index is 5.86. The Hall–Kier alpha value is -1.00. The average Bonchev–Trinajstić information content (AvgIpc) is 2.25. The number of anilines is 2. The highest BCUT2D eigenvalue weighted by Crippen LogP contribution is 2.18. The Bertz CT molecular complexity index is 363. The molecule has 17 heavy (non-hydrogen) atoms. The van der Waals surface area contributed by atoms with Crippen molar-refractivity contribution in [3.63, 3.8) is 0 Å². The summed E-state index contributed by atoms with van der Waals surface area (Å²) in [7, 11) is 2.17. The molecule has 1 aromatic heterocycles. The van der Waals surface area contributed by atoms with E-state index >= 15 is 0 Å². The largest absolute Gasteiger partial charge is 0.399 e. The second kappa shape index (κ2) is 5.56. The van der Waals surface area contributed by atoms with Crippen LogP contribution < -0.4 is 11.1 Å². The fourth-order valence-electron chi connectivity index (χ4n) is 2.30. The third-order valence-corrected chi connectivity index (χ3v) is 3.30. The summed E-state index contributed by atoms with van der Waals surface area (Å²) in [6.45, 7) is 3.28. The van der Waals surface area contributed by atoms with Crippen LogP contribution in [0.25, 0.3) is 0 Å². The number of nitrogens with zero attached hydrogens (tertiary/aromatic N) is 2. The number of hydrogen-bond acceptors (Lipinski definition) is 4. The molecule has 4 nitrogen and oxygen atoms in total. The Morgan fingerprint density at radius 2 is 2.41 bits per heavy atom. The number of nitrogens with two attached hydrogens (primary N) is 1. The molecule has 1 atom stereocenters. The van der Waals surface area contributed by atoms with Crippen molar-refractivity contribution in [3.05, 3.63) is 17.3 Å². The van der Waals surface area contributed by atoms with E-state index in [-0.39, 0.29) is 0 Å². The molecule has 3 N–H and O–H groups in total. The van der Waals surface area contributed by atoms with Crippen molar-refractivity contribution in [2.24, 2.45) is 5.92 Å².